The lowest BCUT2D eigenvalue weighted by molar-refractivity contribution is 0.724. The van der Waals surface area contributed by atoms with E-state index in [1.165, 1.54) is 98.8 Å². The number of benzene rings is 6. The van der Waals surface area contributed by atoms with Crippen molar-refractivity contribution in [2.45, 2.75) is 53.2 Å². The molecule has 3 heterocycles. The Morgan fingerprint density at radius 1 is 0.407 bits per heavy atom. The molecule has 10 rings (SSSR count). The van der Waals surface area contributed by atoms with Crippen LogP contribution < -0.4 is 0 Å². The first kappa shape index (κ1) is 36.5. The second-order valence-corrected chi connectivity index (χ2v) is 15.8. The van der Waals surface area contributed by atoms with Crippen molar-refractivity contribution in [1.82, 2.24) is 13.7 Å². The molecule has 0 saturated carbocycles. The van der Waals surface area contributed by atoms with Gasteiger partial charge >= 0.3 is 0 Å². The van der Waals surface area contributed by atoms with Crippen molar-refractivity contribution < 1.29 is 0 Å². The van der Waals surface area contributed by atoms with Gasteiger partial charge in [-0.3, -0.25) is 0 Å². The van der Waals surface area contributed by atoms with Crippen LogP contribution in [0, 0.1) is 0 Å². The first-order valence-corrected chi connectivity index (χ1v) is 21.3. The summed E-state index contributed by atoms with van der Waals surface area (Å²) < 4.78 is 7.30. The molecule has 0 N–H and O–H groups in total. The molecule has 59 heavy (non-hydrogen) atoms. The Balaban J connectivity index is 1.01. The summed E-state index contributed by atoms with van der Waals surface area (Å²) in [4.78, 5) is 0. The highest BCUT2D eigenvalue weighted by atomic mass is 15.0. The SMILES string of the molecule is CCCn1c2ccccc2c2cc(/C=C/C3=CC(/C=C/c4ccc5c(c4)c4ccccc4n5CC)=CCC(/C=C/c4ccc5c(c4)c4ccccc4n5CC)=C3)ccc21. The summed E-state index contributed by atoms with van der Waals surface area (Å²) in [5.74, 6) is 0. The van der Waals surface area contributed by atoms with Crippen LogP contribution in [-0.4, -0.2) is 13.7 Å². The van der Waals surface area contributed by atoms with E-state index in [1.807, 2.05) is 0 Å². The van der Waals surface area contributed by atoms with Gasteiger partial charge in [0.15, 0.2) is 0 Å². The van der Waals surface area contributed by atoms with Crippen molar-refractivity contribution in [3.63, 3.8) is 0 Å². The van der Waals surface area contributed by atoms with Gasteiger partial charge < -0.3 is 13.7 Å². The number of rotatable bonds is 10. The smallest absolute Gasteiger partial charge is 0.0491 e. The first-order valence-electron chi connectivity index (χ1n) is 21.3. The molecule has 0 aliphatic heterocycles. The number of aryl methyl sites for hydroxylation is 3. The van der Waals surface area contributed by atoms with E-state index in [0.29, 0.717) is 0 Å². The van der Waals surface area contributed by atoms with Gasteiger partial charge in [0.05, 0.1) is 0 Å². The van der Waals surface area contributed by atoms with Crippen LogP contribution in [0.4, 0.5) is 0 Å². The maximum atomic E-state index is 2.47. The Morgan fingerprint density at radius 2 is 0.831 bits per heavy atom. The number of allylic oxidation sites excluding steroid dienone is 9. The fraction of sp³-hybridized carbons (Fsp3) is 0.143. The van der Waals surface area contributed by atoms with Crippen molar-refractivity contribution in [1.29, 1.82) is 0 Å². The molecule has 1 aliphatic carbocycles. The molecule has 0 radical (unpaired) electrons. The van der Waals surface area contributed by atoms with Gasteiger partial charge in [0.1, 0.15) is 0 Å². The third-order valence-corrected chi connectivity index (χ3v) is 12.2. The Kier molecular flexibility index (Phi) is 9.58. The molecule has 9 aromatic rings. The van der Waals surface area contributed by atoms with Crippen molar-refractivity contribution in [2.75, 3.05) is 0 Å². The third-order valence-electron chi connectivity index (χ3n) is 12.2. The Hall–Kier alpha value is -6.84. The lowest BCUT2D eigenvalue weighted by Gasteiger charge is -2.05. The molecular formula is C56H49N3. The highest BCUT2D eigenvalue weighted by molar-refractivity contribution is 6.10. The van der Waals surface area contributed by atoms with E-state index in [1.54, 1.807) is 0 Å². The number of hydrogen-bond donors (Lipinski definition) is 0. The maximum absolute atomic E-state index is 2.47. The lowest BCUT2D eigenvalue weighted by atomic mass is 10.0. The maximum Gasteiger partial charge on any atom is 0.0491 e. The normalized spacial score (nSPS) is 14.0. The summed E-state index contributed by atoms with van der Waals surface area (Å²) in [6, 6.07) is 47.0. The topological polar surface area (TPSA) is 14.8 Å². The van der Waals surface area contributed by atoms with Gasteiger partial charge in [-0.05, 0) is 121 Å². The Bertz CT molecular complexity index is 3270. The lowest BCUT2D eigenvalue weighted by Crippen LogP contribution is -1.95. The van der Waals surface area contributed by atoms with E-state index in [2.05, 4.69) is 217 Å². The van der Waals surface area contributed by atoms with Crippen LogP contribution in [0.3, 0.4) is 0 Å². The molecule has 0 fully saturated rings. The minimum absolute atomic E-state index is 0.841. The summed E-state index contributed by atoms with van der Waals surface area (Å²) >= 11 is 0. The zero-order valence-corrected chi connectivity index (χ0v) is 34.2. The number of aromatic nitrogens is 3. The van der Waals surface area contributed by atoms with Crippen LogP contribution in [0.5, 0.6) is 0 Å². The zero-order chi connectivity index (χ0) is 39.9. The second kappa shape index (κ2) is 15.5. The van der Waals surface area contributed by atoms with E-state index < -0.39 is 0 Å². The van der Waals surface area contributed by atoms with E-state index in [4.69, 9.17) is 0 Å². The van der Waals surface area contributed by atoms with Crippen molar-refractivity contribution in [3.8, 4) is 0 Å². The summed E-state index contributed by atoms with van der Waals surface area (Å²) in [7, 11) is 0. The number of para-hydroxylation sites is 3. The third kappa shape index (κ3) is 6.67. The van der Waals surface area contributed by atoms with Gasteiger partial charge in [-0.25, -0.2) is 0 Å². The van der Waals surface area contributed by atoms with E-state index in [9.17, 15) is 0 Å². The van der Waals surface area contributed by atoms with Crippen LogP contribution in [0.15, 0.2) is 181 Å². The summed E-state index contributed by atoms with van der Waals surface area (Å²) in [6.45, 7) is 9.62. The molecule has 0 spiro atoms. The zero-order valence-electron chi connectivity index (χ0n) is 34.2. The van der Waals surface area contributed by atoms with Crippen LogP contribution in [0.2, 0.25) is 0 Å². The van der Waals surface area contributed by atoms with Crippen LogP contribution >= 0.6 is 0 Å². The van der Waals surface area contributed by atoms with Gasteiger partial charge in [-0.2, -0.15) is 0 Å². The highest BCUT2D eigenvalue weighted by Gasteiger charge is 2.12. The Labute approximate surface area is 346 Å². The van der Waals surface area contributed by atoms with Crippen molar-refractivity contribution in [3.05, 3.63) is 197 Å². The largest absolute Gasteiger partial charge is 0.341 e. The molecule has 0 atom stereocenters. The van der Waals surface area contributed by atoms with Crippen molar-refractivity contribution in [2.24, 2.45) is 0 Å². The second-order valence-electron chi connectivity index (χ2n) is 15.8. The monoisotopic (exact) mass is 763 g/mol. The minimum atomic E-state index is 0.841. The summed E-state index contributed by atoms with van der Waals surface area (Å²) in [5.41, 5.74) is 15.0. The quantitative estimate of drug-likeness (QED) is 0.132. The van der Waals surface area contributed by atoms with Gasteiger partial charge in [-0.1, -0.05) is 128 Å². The van der Waals surface area contributed by atoms with Gasteiger partial charge in [0, 0.05) is 85.1 Å². The van der Waals surface area contributed by atoms with Gasteiger partial charge in [0.2, 0.25) is 0 Å². The van der Waals surface area contributed by atoms with E-state index >= 15 is 0 Å². The van der Waals surface area contributed by atoms with Crippen LogP contribution in [-0.2, 0) is 19.6 Å². The van der Waals surface area contributed by atoms with Gasteiger partial charge in [0.25, 0.3) is 0 Å². The molecule has 3 nitrogen and oxygen atoms in total. The highest BCUT2D eigenvalue weighted by Crippen LogP contribution is 2.34. The molecule has 6 aromatic carbocycles. The number of nitrogens with zero attached hydrogens (tertiary/aromatic N) is 3. The fourth-order valence-corrected chi connectivity index (χ4v) is 9.39. The molecule has 3 heteroatoms. The standard InChI is InChI=1S/C56H49N3/c1-4-33-59-53-18-12-9-15-47(53)50-38-43(29-32-56(50)59)25-26-44-34-39(21-23-41-27-30-54-48(36-41)45-13-7-10-16-51(45)57(54)5-2)19-20-40(35-44)22-24-42-28-31-55-49(37-42)46-14-8-11-17-52(46)58(55)6-3/h7-19,21-32,34-38H,4-6,20,33H2,1-3H3/b23-21+,24-22+,26-25+. The predicted octanol–water partition coefficient (Wildman–Crippen LogP) is 15.1. The number of hydrogen-bond acceptors (Lipinski definition) is 0. The van der Waals surface area contributed by atoms with Crippen LogP contribution in [0.1, 0.15) is 50.3 Å². The molecule has 0 saturated heterocycles. The molecule has 288 valence electrons. The first-order chi connectivity index (χ1) is 29.1. The van der Waals surface area contributed by atoms with E-state index in [0.717, 1.165) is 32.5 Å². The summed E-state index contributed by atoms with van der Waals surface area (Å²) in [6.07, 6.45) is 22.7. The van der Waals surface area contributed by atoms with E-state index in [-0.39, 0.29) is 0 Å². The molecule has 0 bridgehead atoms. The predicted molar refractivity (Wildman–Crippen MR) is 256 cm³/mol. The molecule has 1 aliphatic rings. The molecule has 3 aromatic heterocycles. The fourth-order valence-electron chi connectivity index (χ4n) is 9.39. The number of fused-ring (bicyclic) bond motifs is 9. The molecular weight excluding hydrogens is 715 g/mol. The van der Waals surface area contributed by atoms with Gasteiger partial charge in [-0.15, -0.1) is 0 Å². The van der Waals surface area contributed by atoms with Crippen molar-refractivity contribution >= 4 is 83.6 Å². The average molecular weight is 764 g/mol. The molecule has 0 unspecified atom stereocenters. The molecule has 0 amide bonds. The minimum Gasteiger partial charge on any atom is -0.341 e. The summed E-state index contributed by atoms with van der Waals surface area (Å²) in [5, 5.41) is 7.86. The van der Waals surface area contributed by atoms with Crippen LogP contribution in [0.25, 0.3) is 83.6 Å². The Morgan fingerprint density at radius 3 is 1.32 bits per heavy atom. The average Bonchev–Trinajstić information content (AvgIpc) is 3.83.